The van der Waals surface area contributed by atoms with Crippen molar-refractivity contribution >= 4 is 22.4 Å². The average Bonchev–Trinajstić information content (AvgIpc) is 3.35. The van der Waals surface area contributed by atoms with Gasteiger partial charge in [-0.05, 0) is 48.0 Å². The van der Waals surface area contributed by atoms with Crippen molar-refractivity contribution < 1.29 is 9.15 Å². The van der Waals surface area contributed by atoms with Crippen LogP contribution in [0.2, 0.25) is 0 Å². The molecule has 2 N–H and O–H groups in total. The smallest absolute Gasteiger partial charge is 0.227 e. The number of anilines is 1. The number of aromatic nitrogens is 1. The molecule has 0 radical (unpaired) electrons. The van der Waals surface area contributed by atoms with E-state index in [1.54, 1.807) is 13.4 Å². The summed E-state index contributed by atoms with van der Waals surface area (Å²) < 4.78 is 12.9. The fourth-order valence-corrected chi connectivity index (χ4v) is 3.73. The van der Waals surface area contributed by atoms with Crippen LogP contribution in [0.3, 0.4) is 0 Å². The van der Waals surface area contributed by atoms with Gasteiger partial charge in [0.1, 0.15) is 11.6 Å². The Morgan fingerprint density at radius 2 is 1.89 bits per heavy atom. The highest BCUT2D eigenvalue weighted by Crippen LogP contribution is 2.34. The van der Waals surface area contributed by atoms with Gasteiger partial charge in [0.25, 0.3) is 0 Å². The van der Waals surface area contributed by atoms with Gasteiger partial charge in [0, 0.05) is 29.8 Å². The van der Waals surface area contributed by atoms with Crippen molar-refractivity contribution in [1.82, 2.24) is 4.57 Å². The highest BCUT2D eigenvalue weighted by Gasteiger charge is 2.27. The monoisotopic (exact) mass is 372 g/mol. The molecule has 3 heterocycles. The van der Waals surface area contributed by atoms with Crippen molar-refractivity contribution in [2.24, 2.45) is 17.8 Å². The van der Waals surface area contributed by atoms with Gasteiger partial charge < -0.3 is 24.4 Å². The first-order valence-electron chi connectivity index (χ1n) is 9.05. The predicted molar refractivity (Wildman–Crippen MR) is 108 cm³/mol. The van der Waals surface area contributed by atoms with Gasteiger partial charge in [0.15, 0.2) is 6.17 Å². The number of methoxy groups -OCH3 is 1. The summed E-state index contributed by atoms with van der Waals surface area (Å²) in [5.74, 6) is 1.42. The van der Waals surface area contributed by atoms with Crippen LogP contribution in [0.15, 0.2) is 76.5 Å². The normalized spacial score (nSPS) is 16.1. The molecular weight excluding hydrogens is 352 g/mol. The van der Waals surface area contributed by atoms with Crippen molar-refractivity contribution in [3.8, 4) is 5.75 Å². The van der Waals surface area contributed by atoms with Crippen LogP contribution in [0, 0.1) is 0 Å². The Labute approximate surface area is 161 Å². The van der Waals surface area contributed by atoms with E-state index in [4.69, 9.17) is 19.9 Å². The molecule has 5 rings (SSSR count). The molecule has 1 unspecified atom stereocenters. The minimum atomic E-state index is -0.328. The first-order valence-corrected chi connectivity index (χ1v) is 9.05. The second-order valence-corrected chi connectivity index (χ2v) is 6.84. The van der Waals surface area contributed by atoms with Gasteiger partial charge in [-0.25, -0.2) is 4.99 Å². The van der Waals surface area contributed by atoms with Crippen LogP contribution in [-0.2, 0) is 7.05 Å². The van der Waals surface area contributed by atoms with Gasteiger partial charge in [-0.15, -0.1) is 0 Å². The van der Waals surface area contributed by atoms with E-state index >= 15 is 0 Å². The minimum Gasteiger partial charge on any atom is -0.497 e. The molecule has 2 aromatic carbocycles. The molecule has 4 aromatic rings. The Hall–Kier alpha value is -3.67. The number of ether oxygens (including phenoxy) is 1. The lowest BCUT2D eigenvalue weighted by Gasteiger charge is -2.33. The number of aryl methyl sites for hydroxylation is 1. The molecule has 0 fully saturated rings. The van der Waals surface area contributed by atoms with Crippen molar-refractivity contribution in [3.63, 3.8) is 0 Å². The maximum absolute atomic E-state index is 6.59. The van der Waals surface area contributed by atoms with E-state index < -0.39 is 0 Å². The average molecular weight is 372 g/mol. The fraction of sp³-hybridized carbons (Fsp3) is 0.136. The lowest BCUT2D eigenvalue weighted by molar-refractivity contribution is 0.414. The van der Waals surface area contributed by atoms with Crippen LogP contribution in [0.1, 0.15) is 11.7 Å². The summed E-state index contributed by atoms with van der Waals surface area (Å²) in [5.41, 5.74) is 10.3. The molecule has 28 heavy (non-hydrogen) atoms. The van der Waals surface area contributed by atoms with E-state index in [0.29, 0.717) is 11.4 Å². The van der Waals surface area contributed by atoms with Crippen molar-refractivity contribution in [2.75, 3.05) is 12.0 Å². The molecule has 140 valence electrons. The molecule has 0 aliphatic carbocycles. The summed E-state index contributed by atoms with van der Waals surface area (Å²) >= 11 is 0. The Bertz CT molecular complexity index is 1280. The third-order valence-corrected chi connectivity index (χ3v) is 5.23. The molecule has 6 heteroatoms. The maximum Gasteiger partial charge on any atom is 0.227 e. The Morgan fingerprint density at radius 3 is 2.68 bits per heavy atom. The highest BCUT2D eigenvalue weighted by molar-refractivity contribution is 5.86. The second kappa shape index (κ2) is 6.20. The number of nitrogens with two attached hydrogens (primary N) is 1. The van der Waals surface area contributed by atoms with Crippen LogP contribution in [-0.4, -0.2) is 11.7 Å². The number of benzene rings is 2. The van der Waals surface area contributed by atoms with Gasteiger partial charge >= 0.3 is 0 Å². The summed E-state index contributed by atoms with van der Waals surface area (Å²) in [7, 11) is 3.69. The van der Waals surface area contributed by atoms with E-state index in [2.05, 4.69) is 35.0 Å². The number of fused-ring (bicyclic) bond motifs is 2. The van der Waals surface area contributed by atoms with Gasteiger partial charge in [-0.2, -0.15) is 0 Å². The van der Waals surface area contributed by atoms with Crippen molar-refractivity contribution in [3.05, 3.63) is 83.4 Å². The van der Waals surface area contributed by atoms with Crippen LogP contribution in [0.25, 0.3) is 16.7 Å². The molecule has 2 aromatic heterocycles. The summed E-state index contributed by atoms with van der Waals surface area (Å²) in [6.45, 7) is 0. The number of hydrogen-bond donors (Lipinski definition) is 1. The zero-order chi connectivity index (χ0) is 19.3. The zero-order valence-electron chi connectivity index (χ0n) is 15.7. The molecule has 0 saturated heterocycles. The topological polar surface area (TPSA) is 68.9 Å². The minimum absolute atomic E-state index is 0.328. The van der Waals surface area contributed by atoms with E-state index in [0.717, 1.165) is 27.6 Å². The molecule has 1 aliphatic rings. The molecule has 0 spiro atoms. The largest absolute Gasteiger partial charge is 0.497 e. The van der Waals surface area contributed by atoms with Gasteiger partial charge in [-0.1, -0.05) is 12.1 Å². The molecule has 0 amide bonds. The van der Waals surface area contributed by atoms with Crippen LogP contribution in [0.5, 0.6) is 5.75 Å². The zero-order valence-corrected chi connectivity index (χ0v) is 15.7. The maximum atomic E-state index is 6.59. The summed E-state index contributed by atoms with van der Waals surface area (Å²) in [5, 5.41) is 1.96. The Kier molecular flexibility index (Phi) is 3.65. The summed E-state index contributed by atoms with van der Waals surface area (Å²) in [6.07, 6.45) is 3.35. The lowest BCUT2D eigenvalue weighted by atomic mass is 10.1. The molecule has 0 saturated carbocycles. The summed E-state index contributed by atoms with van der Waals surface area (Å²) in [6, 6.07) is 18.1. The van der Waals surface area contributed by atoms with Crippen LogP contribution < -0.4 is 26.1 Å². The number of nitrogens with zero attached hydrogens (tertiary/aromatic N) is 3. The molecule has 6 nitrogen and oxygen atoms in total. The highest BCUT2D eigenvalue weighted by atomic mass is 16.5. The van der Waals surface area contributed by atoms with Crippen LogP contribution in [0.4, 0.5) is 5.69 Å². The lowest BCUT2D eigenvalue weighted by Crippen LogP contribution is -2.43. The van der Waals surface area contributed by atoms with Gasteiger partial charge in [0.2, 0.25) is 5.55 Å². The number of rotatable bonds is 3. The van der Waals surface area contributed by atoms with Crippen LogP contribution >= 0.6 is 0 Å². The van der Waals surface area contributed by atoms with Crippen molar-refractivity contribution in [2.45, 2.75) is 6.17 Å². The second-order valence-electron chi connectivity index (χ2n) is 6.84. The number of furan rings is 1. The first-order chi connectivity index (χ1) is 13.7. The van der Waals surface area contributed by atoms with Gasteiger partial charge in [0.05, 0.1) is 18.6 Å². The van der Waals surface area contributed by atoms with E-state index in [1.165, 1.54) is 5.52 Å². The molecule has 0 bridgehead atoms. The van der Waals surface area contributed by atoms with E-state index in [9.17, 15) is 0 Å². The van der Waals surface area contributed by atoms with Crippen molar-refractivity contribution in [1.29, 1.82) is 0 Å². The first kappa shape index (κ1) is 16.5. The summed E-state index contributed by atoms with van der Waals surface area (Å²) in [4.78, 5) is 6.88. The van der Waals surface area contributed by atoms with E-state index in [1.807, 2.05) is 42.3 Å². The third-order valence-electron chi connectivity index (χ3n) is 5.23. The molecular formula is C22H20N4O2. The predicted octanol–water partition coefficient (Wildman–Crippen LogP) is 2.64. The van der Waals surface area contributed by atoms with E-state index in [-0.39, 0.29) is 6.17 Å². The quantitative estimate of drug-likeness (QED) is 0.600. The van der Waals surface area contributed by atoms with Gasteiger partial charge in [-0.3, -0.25) is 0 Å². The molecule has 1 aliphatic heterocycles. The molecule has 1 atom stereocenters. The Morgan fingerprint density at radius 1 is 1.07 bits per heavy atom. The fourth-order valence-electron chi connectivity index (χ4n) is 3.73. The number of hydrogen-bond acceptors (Lipinski definition) is 5. The third kappa shape index (κ3) is 2.45. The SMILES string of the molecule is COc1ccc(C2N=c3occc3=C(N)N2c2ccc3c(ccn3C)c2)cc1. The Balaban J connectivity index is 1.70. The standard InChI is InChI=1S/C22H20N4O2/c1-25-11-9-15-13-16(5-8-19(15)25)26-20(23)18-10-12-28-22(18)24-21(26)14-3-6-17(27-2)7-4-14/h3-13,21H,23H2,1-2H3.